The largest absolute Gasteiger partial charge is 0.573 e. The molecule has 1 heterocycles. The molecule has 1 N–H and O–H groups in total. The highest BCUT2D eigenvalue weighted by Crippen LogP contribution is 2.25. The molecule has 0 saturated heterocycles. The van der Waals surface area contributed by atoms with Crippen LogP contribution in [0.15, 0.2) is 43.0 Å². The summed E-state index contributed by atoms with van der Waals surface area (Å²) < 4.78 is 42.6. The number of para-hydroxylation sites is 1. The standard InChI is InChI=1S/C13H14F3N3O/c14-13(15,16)20-12-4-2-1-3-11(12)9-17-5-7-19-8-6-18-10-19/h1-4,6,8,10,17H,5,7,9H2. The lowest BCUT2D eigenvalue weighted by atomic mass is 10.2. The van der Waals surface area contributed by atoms with Gasteiger partial charge in [0.15, 0.2) is 0 Å². The maximum atomic E-state index is 12.2. The zero-order chi connectivity index (χ0) is 14.4. The molecule has 0 amide bonds. The van der Waals surface area contributed by atoms with E-state index in [0.717, 1.165) is 0 Å². The zero-order valence-corrected chi connectivity index (χ0v) is 10.6. The molecular weight excluding hydrogens is 271 g/mol. The fourth-order valence-corrected chi connectivity index (χ4v) is 1.72. The molecule has 1 aromatic heterocycles. The van der Waals surface area contributed by atoms with E-state index < -0.39 is 6.36 Å². The predicted molar refractivity (Wildman–Crippen MR) is 67.1 cm³/mol. The lowest BCUT2D eigenvalue weighted by Gasteiger charge is -2.13. The second kappa shape index (κ2) is 6.42. The highest BCUT2D eigenvalue weighted by atomic mass is 19.4. The molecule has 1 aromatic carbocycles. The normalized spacial score (nSPS) is 11.6. The molecule has 0 saturated carbocycles. The zero-order valence-electron chi connectivity index (χ0n) is 10.6. The predicted octanol–water partition coefficient (Wildman–Crippen LogP) is 2.57. The number of rotatable bonds is 6. The SMILES string of the molecule is FC(F)(F)Oc1ccccc1CNCCn1ccnc1. The van der Waals surface area contributed by atoms with Gasteiger partial charge in [0.05, 0.1) is 6.33 Å². The average Bonchev–Trinajstić information content (AvgIpc) is 2.88. The summed E-state index contributed by atoms with van der Waals surface area (Å²) >= 11 is 0. The Balaban J connectivity index is 1.86. The van der Waals surface area contributed by atoms with Crippen molar-refractivity contribution in [2.24, 2.45) is 0 Å². The number of hydrogen-bond donors (Lipinski definition) is 1. The second-order valence-corrected chi connectivity index (χ2v) is 4.13. The third-order valence-corrected chi connectivity index (χ3v) is 2.62. The van der Waals surface area contributed by atoms with E-state index in [2.05, 4.69) is 15.0 Å². The molecule has 108 valence electrons. The quantitative estimate of drug-likeness (QED) is 0.829. The van der Waals surface area contributed by atoms with E-state index in [-0.39, 0.29) is 5.75 Å². The Morgan fingerprint density at radius 3 is 2.75 bits per heavy atom. The van der Waals surface area contributed by atoms with Crippen LogP contribution in [-0.2, 0) is 13.1 Å². The number of imidazole rings is 1. The summed E-state index contributed by atoms with van der Waals surface area (Å²) in [5.41, 5.74) is 0.468. The minimum Gasteiger partial charge on any atom is -0.405 e. The Kier molecular flexibility index (Phi) is 4.62. The minimum absolute atomic E-state index is 0.171. The highest BCUT2D eigenvalue weighted by Gasteiger charge is 2.31. The van der Waals surface area contributed by atoms with Gasteiger partial charge in [0.1, 0.15) is 5.75 Å². The lowest BCUT2D eigenvalue weighted by molar-refractivity contribution is -0.274. The van der Waals surface area contributed by atoms with Gasteiger partial charge in [0, 0.05) is 37.6 Å². The Hall–Kier alpha value is -2.02. The first kappa shape index (κ1) is 14.4. The second-order valence-electron chi connectivity index (χ2n) is 4.13. The Morgan fingerprint density at radius 2 is 2.05 bits per heavy atom. The summed E-state index contributed by atoms with van der Waals surface area (Å²) in [7, 11) is 0. The summed E-state index contributed by atoms with van der Waals surface area (Å²) in [5.74, 6) is -0.171. The van der Waals surface area contributed by atoms with Crippen LogP contribution in [0.3, 0.4) is 0 Å². The molecule has 0 aliphatic rings. The summed E-state index contributed by atoms with van der Waals surface area (Å²) in [6.45, 7) is 1.62. The summed E-state index contributed by atoms with van der Waals surface area (Å²) in [6.07, 6.45) is 0.504. The molecule has 20 heavy (non-hydrogen) atoms. The van der Waals surface area contributed by atoms with E-state index in [1.54, 1.807) is 24.7 Å². The molecule has 4 nitrogen and oxygen atoms in total. The monoisotopic (exact) mass is 285 g/mol. The van der Waals surface area contributed by atoms with E-state index >= 15 is 0 Å². The van der Waals surface area contributed by atoms with Crippen LogP contribution in [0.25, 0.3) is 0 Å². The van der Waals surface area contributed by atoms with Gasteiger partial charge in [0.2, 0.25) is 0 Å². The van der Waals surface area contributed by atoms with E-state index in [1.807, 2.05) is 10.8 Å². The third kappa shape index (κ3) is 4.58. The van der Waals surface area contributed by atoms with Crippen LogP contribution < -0.4 is 10.1 Å². The number of aromatic nitrogens is 2. The highest BCUT2D eigenvalue weighted by molar-refractivity contribution is 5.33. The minimum atomic E-state index is -4.67. The van der Waals surface area contributed by atoms with Crippen molar-refractivity contribution in [2.75, 3.05) is 6.54 Å². The van der Waals surface area contributed by atoms with Gasteiger partial charge in [0.25, 0.3) is 0 Å². The maximum absolute atomic E-state index is 12.2. The van der Waals surface area contributed by atoms with E-state index in [4.69, 9.17) is 0 Å². The molecule has 0 aliphatic heterocycles. The molecule has 0 spiro atoms. The number of ether oxygens (including phenoxy) is 1. The molecule has 0 fully saturated rings. The number of benzene rings is 1. The molecule has 0 aliphatic carbocycles. The van der Waals surface area contributed by atoms with Crippen molar-refractivity contribution >= 4 is 0 Å². The average molecular weight is 285 g/mol. The first-order valence-corrected chi connectivity index (χ1v) is 6.05. The van der Waals surface area contributed by atoms with E-state index in [1.165, 1.54) is 12.1 Å². The molecule has 0 unspecified atom stereocenters. The van der Waals surface area contributed by atoms with Gasteiger partial charge >= 0.3 is 6.36 Å². The van der Waals surface area contributed by atoms with Crippen molar-refractivity contribution < 1.29 is 17.9 Å². The maximum Gasteiger partial charge on any atom is 0.573 e. The lowest BCUT2D eigenvalue weighted by Crippen LogP contribution is -2.22. The van der Waals surface area contributed by atoms with Crippen molar-refractivity contribution in [2.45, 2.75) is 19.5 Å². The van der Waals surface area contributed by atoms with Gasteiger partial charge in [-0.3, -0.25) is 0 Å². The van der Waals surface area contributed by atoms with Crippen molar-refractivity contribution in [3.8, 4) is 5.75 Å². The van der Waals surface area contributed by atoms with Gasteiger partial charge in [-0.2, -0.15) is 0 Å². The number of alkyl halides is 3. The van der Waals surface area contributed by atoms with Crippen LogP contribution in [0.1, 0.15) is 5.56 Å². The van der Waals surface area contributed by atoms with E-state index in [0.29, 0.717) is 25.2 Å². The Morgan fingerprint density at radius 1 is 1.25 bits per heavy atom. The first-order valence-electron chi connectivity index (χ1n) is 6.05. The topological polar surface area (TPSA) is 39.1 Å². The molecule has 0 radical (unpaired) electrons. The summed E-state index contributed by atoms with van der Waals surface area (Å²) in [5, 5.41) is 3.07. The third-order valence-electron chi connectivity index (χ3n) is 2.62. The molecule has 0 bridgehead atoms. The van der Waals surface area contributed by atoms with Crippen molar-refractivity contribution in [1.82, 2.24) is 14.9 Å². The van der Waals surface area contributed by atoms with E-state index in [9.17, 15) is 13.2 Å². The molecular formula is C13H14F3N3O. The van der Waals surface area contributed by atoms with Crippen molar-refractivity contribution in [3.63, 3.8) is 0 Å². The van der Waals surface area contributed by atoms with Gasteiger partial charge in [-0.25, -0.2) is 4.98 Å². The van der Waals surface area contributed by atoms with Gasteiger partial charge in [-0.1, -0.05) is 18.2 Å². The number of hydrogen-bond acceptors (Lipinski definition) is 3. The Labute approximate surface area is 114 Å². The number of nitrogens with one attached hydrogen (secondary N) is 1. The van der Waals surface area contributed by atoms with Crippen LogP contribution in [0.4, 0.5) is 13.2 Å². The van der Waals surface area contributed by atoms with Crippen LogP contribution in [0.5, 0.6) is 5.75 Å². The number of nitrogens with zero attached hydrogens (tertiary/aromatic N) is 2. The van der Waals surface area contributed by atoms with Crippen LogP contribution >= 0.6 is 0 Å². The van der Waals surface area contributed by atoms with Gasteiger partial charge in [-0.15, -0.1) is 13.2 Å². The number of halogens is 3. The van der Waals surface area contributed by atoms with Crippen LogP contribution in [0, 0.1) is 0 Å². The molecule has 2 rings (SSSR count). The Bertz CT molecular complexity index is 526. The van der Waals surface area contributed by atoms with Gasteiger partial charge < -0.3 is 14.6 Å². The van der Waals surface area contributed by atoms with Crippen molar-refractivity contribution in [1.29, 1.82) is 0 Å². The molecule has 2 aromatic rings. The van der Waals surface area contributed by atoms with Crippen molar-refractivity contribution in [3.05, 3.63) is 48.5 Å². The first-order chi connectivity index (χ1) is 9.54. The molecule has 7 heteroatoms. The fraction of sp³-hybridized carbons (Fsp3) is 0.308. The van der Waals surface area contributed by atoms with Gasteiger partial charge in [-0.05, 0) is 6.07 Å². The summed E-state index contributed by atoms with van der Waals surface area (Å²) in [4.78, 5) is 3.90. The van der Waals surface area contributed by atoms with Crippen LogP contribution in [-0.4, -0.2) is 22.5 Å². The fourth-order valence-electron chi connectivity index (χ4n) is 1.72. The summed E-state index contributed by atoms with van der Waals surface area (Å²) in [6, 6.07) is 6.10. The smallest absolute Gasteiger partial charge is 0.405 e. The molecule has 0 atom stereocenters. The van der Waals surface area contributed by atoms with Crippen LogP contribution in [0.2, 0.25) is 0 Å².